The van der Waals surface area contributed by atoms with Gasteiger partial charge in [-0.25, -0.2) is 0 Å². The summed E-state index contributed by atoms with van der Waals surface area (Å²) in [7, 11) is 0. The average Bonchev–Trinajstić information content (AvgIpc) is 2.61. The lowest BCUT2D eigenvalue weighted by molar-refractivity contribution is -0.137. The van der Waals surface area contributed by atoms with Gasteiger partial charge in [-0.2, -0.15) is 0 Å². The second-order valence-corrected chi connectivity index (χ2v) is 4.62. The zero-order valence-corrected chi connectivity index (χ0v) is 11.6. The fourth-order valence-electron chi connectivity index (χ4n) is 2.38. The molecule has 4 heteroatoms. The van der Waals surface area contributed by atoms with Gasteiger partial charge in [0.25, 0.3) is 0 Å². The summed E-state index contributed by atoms with van der Waals surface area (Å²) in [6.07, 6.45) is 0.136. The highest BCUT2D eigenvalue weighted by Crippen LogP contribution is 2.29. The van der Waals surface area contributed by atoms with Gasteiger partial charge in [0.05, 0.1) is 13.0 Å². The van der Waals surface area contributed by atoms with E-state index >= 15 is 0 Å². The van der Waals surface area contributed by atoms with Gasteiger partial charge in [-0.15, -0.1) is 0 Å². The van der Waals surface area contributed by atoms with Crippen LogP contribution in [0.4, 0.5) is 0 Å². The van der Waals surface area contributed by atoms with Crippen LogP contribution in [0.15, 0.2) is 18.2 Å². The number of hydrogen-bond acceptors (Lipinski definition) is 2. The summed E-state index contributed by atoms with van der Waals surface area (Å²) >= 11 is 0. The van der Waals surface area contributed by atoms with Crippen LogP contribution in [0.1, 0.15) is 24.6 Å². The Labute approximate surface area is 112 Å². The molecule has 102 valence electrons. The third-order valence-corrected chi connectivity index (χ3v) is 3.47. The molecule has 0 atom stereocenters. The first-order chi connectivity index (χ1) is 9.04. The zero-order chi connectivity index (χ0) is 14.0. The van der Waals surface area contributed by atoms with Crippen molar-refractivity contribution in [2.24, 2.45) is 0 Å². The van der Waals surface area contributed by atoms with E-state index in [0.717, 1.165) is 22.3 Å². The molecule has 0 amide bonds. The van der Waals surface area contributed by atoms with Gasteiger partial charge >= 0.3 is 5.97 Å². The van der Waals surface area contributed by atoms with Crippen LogP contribution in [-0.4, -0.2) is 22.2 Å². The Morgan fingerprint density at radius 2 is 2.11 bits per heavy atom. The monoisotopic (exact) mass is 261 g/mol. The van der Waals surface area contributed by atoms with Crippen LogP contribution < -0.4 is 4.74 Å². The second-order valence-electron chi connectivity index (χ2n) is 4.62. The maximum absolute atomic E-state index is 10.7. The van der Waals surface area contributed by atoms with Crippen molar-refractivity contribution in [3.63, 3.8) is 0 Å². The number of carboxylic acids is 1. The summed E-state index contributed by atoms with van der Waals surface area (Å²) in [4.78, 5) is 10.7. The molecule has 0 aliphatic carbocycles. The number of carbonyl (C=O) groups is 1. The van der Waals surface area contributed by atoms with Gasteiger partial charge < -0.3 is 14.4 Å². The molecule has 0 fully saturated rings. The van der Waals surface area contributed by atoms with Gasteiger partial charge in [0.1, 0.15) is 5.75 Å². The SMILES string of the molecule is CCOc1ccc2c(c1)c(C)c(C)n2CCC(=O)O. The Morgan fingerprint density at radius 3 is 2.74 bits per heavy atom. The molecule has 1 aromatic carbocycles. The minimum Gasteiger partial charge on any atom is -0.494 e. The smallest absolute Gasteiger partial charge is 0.305 e. The van der Waals surface area contributed by atoms with Crippen LogP contribution in [0.2, 0.25) is 0 Å². The maximum Gasteiger partial charge on any atom is 0.305 e. The summed E-state index contributed by atoms with van der Waals surface area (Å²) in [5, 5.41) is 9.96. The van der Waals surface area contributed by atoms with Crippen molar-refractivity contribution < 1.29 is 14.6 Å². The molecule has 0 aliphatic rings. The van der Waals surface area contributed by atoms with E-state index in [9.17, 15) is 4.79 Å². The third kappa shape index (κ3) is 2.57. The standard InChI is InChI=1S/C15H19NO3/c1-4-19-12-5-6-14-13(9-12)10(2)11(3)16(14)8-7-15(17)18/h5-6,9H,4,7-8H2,1-3H3,(H,17,18). The molecule has 0 radical (unpaired) electrons. The molecule has 4 nitrogen and oxygen atoms in total. The summed E-state index contributed by atoms with van der Waals surface area (Å²) in [5.41, 5.74) is 3.37. The number of hydrogen-bond donors (Lipinski definition) is 1. The maximum atomic E-state index is 10.7. The number of aliphatic carboxylic acids is 1. The van der Waals surface area contributed by atoms with E-state index in [1.165, 1.54) is 5.56 Å². The molecule has 2 aromatic rings. The number of nitrogens with zero attached hydrogens (tertiary/aromatic N) is 1. The highest BCUT2D eigenvalue weighted by atomic mass is 16.5. The third-order valence-electron chi connectivity index (χ3n) is 3.47. The Balaban J connectivity index is 2.47. The zero-order valence-electron chi connectivity index (χ0n) is 11.6. The Kier molecular flexibility index (Phi) is 3.79. The Morgan fingerprint density at radius 1 is 1.37 bits per heavy atom. The largest absolute Gasteiger partial charge is 0.494 e. The van der Waals surface area contributed by atoms with Crippen molar-refractivity contribution in [1.29, 1.82) is 0 Å². The molecule has 0 saturated carbocycles. The quantitative estimate of drug-likeness (QED) is 0.899. The summed E-state index contributed by atoms with van der Waals surface area (Å²) in [5.74, 6) is 0.0818. The number of benzene rings is 1. The van der Waals surface area contributed by atoms with Gasteiger partial charge in [-0.3, -0.25) is 4.79 Å². The van der Waals surface area contributed by atoms with Gasteiger partial charge in [0.15, 0.2) is 0 Å². The van der Waals surface area contributed by atoms with Crippen molar-refractivity contribution in [3.8, 4) is 5.75 Å². The van der Waals surface area contributed by atoms with E-state index in [0.29, 0.717) is 13.2 Å². The molecular formula is C15H19NO3. The van der Waals surface area contributed by atoms with Crippen LogP contribution in [0.5, 0.6) is 5.75 Å². The van der Waals surface area contributed by atoms with E-state index in [1.54, 1.807) is 0 Å². The summed E-state index contributed by atoms with van der Waals surface area (Å²) < 4.78 is 7.58. The fourth-order valence-corrected chi connectivity index (χ4v) is 2.38. The minimum absolute atomic E-state index is 0.136. The van der Waals surface area contributed by atoms with E-state index in [4.69, 9.17) is 9.84 Å². The van der Waals surface area contributed by atoms with Crippen LogP contribution in [0.3, 0.4) is 0 Å². The molecule has 1 aromatic heterocycles. The van der Waals surface area contributed by atoms with Gasteiger partial charge in [-0.05, 0) is 44.5 Å². The first kappa shape index (κ1) is 13.5. The number of aromatic nitrogens is 1. The van der Waals surface area contributed by atoms with Gasteiger partial charge in [0.2, 0.25) is 0 Å². The Bertz CT molecular complexity index is 613. The molecular weight excluding hydrogens is 242 g/mol. The number of carboxylic acid groups (broad SMARTS) is 1. The van der Waals surface area contributed by atoms with Crippen LogP contribution in [-0.2, 0) is 11.3 Å². The van der Waals surface area contributed by atoms with Crippen molar-refractivity contribution in [2.45, 2.75) is 33.7 Å². The predicted molar refractivity (Wildman–Crippen MR) is 74.8 cm³/mol. The Hall–Kier alpha value is -1.97. The normalized spacial score (nSPS) is 10.9. The molecule has 0 spiro atoms. The summed E-state index contributed by atoms with van der Waals surface area (Å²) in [6, 6.07) is 5.96. The number of aryl methyl sites for hydroxylation is 2. The van der Waals surface area contributed by atoms with E-state index in [2.05, 4.69) is 11.5 Å². The van der Waals surface area contributed by atoms with Crippen molar-refractivity contribution >= 4 is 16.9 Å². The van der Waals surface area contributed by atoms with E-state index in [1.807, 2.05) is 32.0 Å². The van der Waals surface area contributed by atoms with E-state index < -0.39 is 5.97 Å². The highest BCUT2D eigenvalue weighted by molar-refractivity contribution is 5.86. The number of ether oxygens (including phenoxy) is 1. The van der Waals surface area contributed by atoms with Crippen molar-refractivity contribution in [3.05, 3.63) is 29.5 Å². The first-order valence-electron chi connectivity index (χ1n) is 6.48. The fraction of sp³-hybridized carbons (Fsp3) is 0.400. The molecule has 0 saturated heterocycles. The molecule has 0 unspecified atom stereocenters. The lowest BCUT2D eigenvalue weighted by Gasteiger charge is -2.07. The molecule has 0 bridgehead atoms. The topological polar surface area (TPSA) is 51.5 Å². The molecule has 0 aliphatic heterocycles. The number of fused-ring (bicyclic) bond motifs is 1. The van der Waals surface area contributed by atoms with E-state index in [-0.39, 0.29) is 6.42 Å². The molecule has 2 rings (SSSR count). The minimum atomic E-state index is -0.773. The lowest BCUT2D eigenvalue weighted by atomic mass is 10.1. The first-order valence-corrected chi connectivity index (χ1v) is 6.48. The molecule has 19 heavy (non-hydrogen) atoms. The van der Waals surface area contributed by atoms with Gasteiger partial charge in [-0.1, -0.05) is 0 Å². The van der Waals surface area contributed by atoms with Crippen LogP contribution in [0, 0.1) is 13.8 Å². The average molecular weight is 261 g/mol. The summed E-state index contributed by atoms with van der Waals surface area (Å²) in [6.45, 7) is 7.19. The molecule has 1 heterocycles. The highest BCUT2D eigenvalue weighted by Gasteiger charge is 2.12. The second kappa shape index (κ2) is 5.34. The van der Waals surface area contributed by atoms with Crippen molar-refractivity contribution in [2.75, 3.05) is 6.61 Å². The lowest BCUT2D eigenvalue weighted by Crippen LogP contribution is -2.05. The number of rotatable bonds is 5. The van der Waals surface area contributed by atoms with Crippen LogP contribution >= 0.6 is 0 Å². The van der Waals surface area contributed by atoms with Gasteiger partial charge in [0, 0.05) is 23.1 Å². The van der Waals surface area contributed by atoms with Crippen molar-refractivity contribution in [1.82, 2.24) is 4.57 Å². The van der Waals surface area contributed by atoms with Crippen LogP contribution in [0.25, 0.3) is 10.9 Å². The molecule has 1 N–H and O–H groups in total. The predicted octanol–water partition coefficient (Wildman–Crippen LogP) is 3.13.